The normalized spacial score (nSPS) is 13.4. The second kappa shape index (κ2) is 5.57. The Morgan fingerprint density at radius 1 is 1.04 bits per heavy atom. The van der Waals surface area contributed by atoms with Crippen LogP contribution in [0.25, 0.3) is 22.3 Å². The number of carbonyl (C=O) groups excluding carboxylic acids is 2. The Balaban J connectivity index is 1.75. The average Bonchev–Trinajstić information content (AvgIpc) is 3.22. The summed E-state index contributed by atoms with van der Waals surface area (Å²) in [5, 5.41) is 7.69. The van der Waals surface area contributed by atoms with Gasteiger partial charge in [-0.2, -0.15) is 5.10 Å². The minimum Gasteiger partial charge on any atom is -0.275 e. The van der Waals surface area contributed by atoms with E-state index in [1.165, 1.54) is 11.1 Å². The van der Waals surface area contributed by atoms with Crippen LogP contribution in [0.15, 0.2) is 55.0 Å². The molecule has 0 saturated carbocycles. The highest BCUT2D eigenvalue weighted by atomic mass is 16.2. The summed E-state index contributed by atoms with van der Waals surface area (Å²) >= 11 is 0. The van der Waals surface area contributed by atoms with E-state index >= 15 is 0 Å². The molecular formula is C20H13N5O2. The van der Waals surface area contributed by atoms with Gasteiger partial charge in [-0.15, -0.1) is 0 Å². The number of amides is 2. The summed E-state index contributed by atoms with van der Waals surface area (Å²) in [6.45, 7) is 1.92. The van der Waals surface area contributed by atoms with E-state index in [4.69, 9.17) is 0 Å². The molecule has 1 aliphatic rings. The molecule has 0 bridgehead atoms. The highest BCUT2D eigenvalue weighted by Gasteiger charge is 2.40. The summed E-state index contributed by atoms with van der Waals surface area (Å²) in [6.07, 6.45) is 4.74. The number of pyridine rings is 2. The number of carbonyl (C=O) groups is 2. The summed E-state index contributed by atoms with van der Waals surface area (Å²) in [7, 11) is 0. The molecule has 27 heavy (non-hydrogen) atoms. The fourth-order valence-electron chi connectivity index (χ4n) is 3.43. The molecule has 130 valence electrons. The molecule has 0 aliphatic carbocycles. The number of hydrogen-bond acceptors (Lipinski definition) is 5. The number of H-pyrrole nitrogens is 1. The van der Waals surface area contributed by atoms with Crippen LogP contribution in [0.3, 0.4) is 0 Å². The third-order valence-electron chi connectivity index (χ3n) is 4.66. The fourth-order valence-corrected chi connectivity index (χ4v) is 3.43. The van der Waals surface area contributed by atoms with E-state index in [1.807, 2.05) is 37.3 Å². The van der Waals surface area contributed by atoms with Crippen molar-refractivity contribution in [2.75, 3.05) is 4.90 Å². The van der Waals surface area contributed by atoms with Gasteiger partial charge in [-0.25, -0.2) is 9.88 Å². The van der Waals surface area contributed by atoms with Crippen LogP contribution in [0.2, 0.25) is 0 Å². The van der Waals surface area contributed by atoms with Crippen LogP contribution in [0.5, 0.6) is 0 Å². The van der Waals surface area contributed by atoms with Crippen molar-refractivity contribution in [3.05, 3.63) is 71.7 Å². The minimum absolute atomic E-state index is 0.283. The smallest absolute Gasteiger partial charge is 0.267 e. The van der Waals surface area contributed by atoms with Crippen molar-refractivity contribution in [3.8, 4) is 11.3 Å². The first-order valence-electron chi connectivity index (χ1n) is 8.38. The van der Waals surface area contributed by atoms with E-state index in [9.17, 15) is 9.59 Å². The maximum Gasteiger partial charge on any atom is 0.267 e. The first kappa shape index (κ1) is 15.4. The second-order valence-corrected chi connectivity index (χ2v) is 6.36. The zero-order valence-electron chi connectivity index (χ0n) is 14.3. The first-order valence-corrected chi connectivity index (χ1v) is 8.38. The van der Waals surface area contributed by atoms with Crippen LogP contribution in [0, 0.1) is 6.92 Å². The molecule has 1 N–H and O–H groups in total. The molecular weight excluding hydrogens is 342 g/mol. The van der Waals surface area contributed by atoms with Crippen molar-refractivity contribution in [1.29, 1.82) is 0 Å². The van der Waals surface area contributed by atoms with Gasteiger partial charge in [-0.3, -0.25) is 19.7 Å². The third-order valence-corrected chi connectivity index (χ3v) is 4.66. The molecule has 1 aliphatic heterocycles. The number of aryl methyl sites for hydroxylation is 1. The summed E-state index contributed by atoms with van der Waals surface area (Å²) in [5.74, 6) is -0.749. The Morgan fingerprint density at radius 2 is 1.85 bits per heavy atom. The van der Waals surface area contributed by atoms with Gasteiger partial charge in [0, 0.05) is 24.2 Å². The first-order chi connectivity index (χ1) is 13.1. The van der Waals surface area contributed by atoms with Gasteiger partial charge in [-0.05, 0) is 36.8 Å². The third kappa shape index (κ3) is 2.18. The van der Waals surface area contributed by atoms with Crippen molar-refractivity contribution in [1.82, 2.24) is 20.2 Å². The Morgan fingerprint density at radius 3 is 2.63 bits per heavy atom. The van der Waals surface area contributed by atoms with Crippen molar-refractivity contribution < 1.29 is 9.59 Å². The zero-order valence-corrected chi connectivity index (χ0v) is 14.3. The van der Waals surface area contributed by atoms with Crippen LogP contribution in [0.1, 0.15) is 26.3 Å². The molecule has 2 amide bonds. The molecule has 7 nitrogen and oxygen atoms in total. The topological polar surface area (TPSA) is 91.8 Å². The molecule has 3 aromatic heterocycles. The van der Waals surface area contributed by atoms with E-state index in [2.05, 4.69) is 20.2 Å². The summed E-state index contributed by atoms with van der Waals surface area (Å²) in [5.41, 5.74) is 3.97. The van der Waals surface area contributed by atoms with Crippen molar-refractivity contribution in [3.63, 3.8) is 0 Å². The van der Waals surface area contributed by atoms with Gasteiger partial charge in [0.25, 0.3) is 11.8 Å². The highest BCUT2D eigenvalue weighted by Crippen LogP contribution is 2.36. The Bertz CT molecular complexity index is 1230. The SMILES string of the molecule is Cc1cccc(N2C(=O)c3cnc4n[nH]c(-c5ccncc5)c4c3C2=O)c1. The number of benzene rings is 1. The van der Waals surface area contributed by atoms with Gasteiger partial charge >= 0.3 is 0 Å². The van der Waals surface area contributed by atoms with E-state index in [0.717, 1.165) is 11.1 Å². The van der Waals surface area contributed by atoms with Gasteiger partial charge in [-0.1, -0.05) is 12.1 Å². The number of nitrogens with zero attached hydrogens (tertiary/aromatic N) is 4. The maximum absolute atomic E-state index is 13.2. The number of imide groups is 1. The van der Waals surface area contributed by atoms with Crippen LogP contribution in [0.4, 0.5) is 5.69 Å². The number of nitrogens with one attached hydrogen (secondary N) is 1. The Kier molecular flexibility index (Phi) is 3.17. The molecule has 7 heteroatoms. The molecule has 4 heterocycles. The average molecular weight is 355 g/mol. The summed E-state index contributed by atoms with van der Waals surface area (Å²) < 4.78 is 0. The van der Waals surface area contributed by atoms with Gasteiger partial charge in [0.1, 0.15) is 0 Å². The zero-order chi connectivity index (χ0) is 18.5. The fraction of sp³-hybridized carbons (Fsp3) is 0.0500. The van der Waals surface area contributed by atoms with Crippen LogP contribution < -0.4 is 4.90 Å². The van der Waals surface area contributed by atoms with Crippen molar-refractivity contribution in [2.24, 2.45) is 0 Å². The number of fused-ring (bicyclic) bond motifs is 3. The lowest BCUT2D eigenvalue weighted by atomic mass is 10.0. The maximum atomic E-state index is 13.2. The van der Waals surface area contributed by atoms with Crippen molar-refractivity contribution in [2.45, 2.75) is 6.92 Å². The quantitative estimate of drug-likeness (QED) is 0.558. The molecule has 0 unspecified atom stereocenters. The lowest BCUT2D eigenvalue weighted by molar-refractivity contribution is 0.0926. The summed E-state index contributed by atoms with van der Waals surface area (Å²) in [6, 6.07) is 10.9. The lowest BCUT2D eigenvalue weighted by Gasteiger charge is -2.14. The van der Waals surface area contributed by atoms with E-state index in [-0.39, 0.29) is 17.4 Å². The number of aromatic nitrogens is 4. The van der Waals surface area contributed by atoms with Crippen molar-refractivity contribution >= 4 is 28.5 Å². The molecule has 0 fully saturated rings. The molecule has 1 aromatic carbocycles. The number of aromatic amines is 1. The number of hydrogen-bond donors (Lipinski definition) is 1. The van der Waals surface area contributed by atoms with Gasteiger partial charge < -0.3 is 0 Å². The number of anilines is 1. The largest absolute Gasteiger partial charge is 0.275 e. The van der Waals surface area contributed by atoms with Gasteiger partial charge in [0.2, 0.25) is 0 Å². The van der Waals surface area contributed by atoms with E-state index in [0.29, 0.717) is 28.0 Å². The molecule has 5 rings (SSSR count). The molecule has 0 radical (unpaired) electrons. The second-order valence-electron chi connectivity index (χ2n) is 6.36. The lowest BCUT2D eigenvalue weighted by Crippen LogP contribution is -2.29. The summed E-state index contributed by atoms with van der Waals surface area (Å²) in [4.78, 5) is 35.7. The standard InChI is InChI=1S/C20H13N5O2/c1-11-3-2-4-13(9-11)25-19(26)14-10-22-18-16(15(14)20(25)27)17(23-24-18)12-5-7-21-8-6-12/h2-10H,1H3,(H,22,23,24). The Labute approximate surface area is 153 Å². The molecule has 0 spiro atoms. The minimum atomic E-state index is -0.378. The number of rotatable bonds is 2. The molecule has 4 aromatic rings. The molecule has 0 atom stereocenters. The van der Waals surface area contributed by atoms with Crippen LogP contribution >= 0.6 is 0 Å². The highest BCUT2D eigenvalue weighted by molar-refractivity contribution is 6.38. The predicted molar refractivity (Wildman–Crippen MR) is 99.4 cm³/mol. The predicted octanol–water partition coefficient (Wildman–Crippen LogP) is 3.13. The molecule has 0 saturated heterocycles. The van der Waals surface area contributed by atoms with E-state index in [1.54, 1.807) is 18.5 Å². The van der Waals surface area contributed by atoms with Crippen LogP contribution in [-0.2, 0) is 0 Å². The van der Waals surface area contributed by atoms with Crippen LogP contribution in [-0.4, -0.2) is 32.0 Å². The Hall–Kier alpha value is -3.87. The van der Waals surface area contributed by atoms with E-state index < -0.39 is 0 Å². The van der Waals surface area contributed by atoms with Gasteiger partial charge in [0.15, 0.2) is 5.65 Å². The van der Waals surface area contributed by atoms with Gasteiger partial charge in [0.05, 0.1) is 27.9 Å². The monoisotopic (exact) mass is 355 g/mol.